The lowest BCUT2D eigenvalue weighted by atomic mass is 11.3. The second-order valence-corrected chi connectivity index (χ2v) is 0.0816. The Hall–Kier alpha value is -0.860. The summed E-state index contributed by atoms with van der Waals surface area (Å²) in [5.41, 5.74) is 0. The molecule has 0 aromatic rings. The van der Waals surface area contributed by atoms with Crippen LogP contribution in [0.25, 0.3) is 0 Å². The van der Waals surface area contributed by atoms with Crippen molar-refractivity contribution in [2.75, 3.05) is 0 Å². The van der Waals surface area contributed by atoms with E-state index in [-0.39, 0.29) is 0 Å². The highest BCUT2D eigenvalue weighted by Crippen LogP contribution is 1.25. The molecule has 0 aromatic carbocycles. The molecule has 0 rings (SSSR count). The van der Waals surface area contributed by atoms with Gasteiger partial charge in [-0.2, -0.15) is 0 Å². The SMILES string of the molecule is C=C.O=NO. The third-order valence-corrected chi connectivity index (χ3v) is 0. The number of hydrogen-bond acceptors (Lipinski definition) is 2. The minimum atomic E-state index is 1.25. The molecule has 0 amide bonds. The van der Waals surface area contributed by atoms with E-state index in [1.807, 2.05) is 0 Å². The quantitative estimate of drug-likeness (QED) is 0.264. The van der Waals surface area contributed by atoms with Crippen LogP contribution < -0.4 is 0 Å². The van der Waals surface area contributed by atoms with Gasteiger partial charge in [-0.05, 0) is 0 Å². The molecule has 0 radical (unpaired) electrons. The Balaban J connectivity index is 0. The van der Waals surface area contributed by atoms with Crippen molar-refractivity contribution >= 4 is 0 Å². The van der Waals surface area contributed by atoms with Gasteiger partial charge in [0.05, 0.1) is 0 Å². The maximum atomic E-state index is 8.11. The topological polar surface area (TPSA) is 49.7 Å². The molecular formula is C2H5NO2. The van der Waals surface area contributed by atoms with Gasteiger partial charge in [-0.1, -0.05) is 0 Å². The van der Waals surface area contributed by atoms with Crippen LogP contribution in [0.2, 0.25) is 0 Å². The zero-order valence-corrected chi connectivity index (χ0v) is 2.72. The molecule has 1 N–H and O–H groups in total. The van der Waals surface area contributed by atoms with E-state index >= 15 is 0 Å². The van der Waals surface area contributed by atoms with Crippen LogP contribution in [0, 0.1) is 4.91 Å². The second-order valence-electron chi connectivity index (χ2n) is 0.0816. The average molecular weight is 75.1 g/mol. The summed E-state index contributed by atoms with van der Waals surface area (Å²) in [6.45, 7) is 6.00. The van der Waals surface area contributed by atoms with Gasteiger partial charge in [0.15, 0.2) is 5.34 Å². The van der Waals surface area contributed by atoms with Gasteiger partial charge >= 0.3 is 0 Å². The fraction of sp³-hybridized carbons (Fsp3) is 0. The highest BCUT2D eigenvalue weighted by atomic mass is 16.6. The standard InChI is InChI=1S/C2H4.HNO2/c1-2;2-1-3/h1-2H2;(H,2,3). The van der Waals surface area contributed by atoms with Crippen molar-refractivity contribution in [3.05, 3.63) is 18.1 Å². The van der Waals surface area contributed by atoms with Crippen molar-refractivity contribution in [1.29, 1.82) is 0 Å². The molecule has 0 aliphatic heterocycles. The van der Waals surface area contributed by atoms with Gasteiger partial charge in [-0.25, -0.2) is 0 Å². The van der Waals surface area contributed by atoms with Crippen LogP contribution in [-0.2, 0) is 0 Å². The predicted molar refractivity (Wildman–Crippen MR) is 18.8 cm³/mol. The summed E-state index contributed by atoms with van der Waals surface area (Å²) in [5, 5.41) is 7.89. The molecule has 30 valence electrons. The van der Waals surface area contributed by atoms with E-state index in [4.69, 9.17) is 10.1 Å². The van der Waals surface area contributed by atoms with Gasteiger partial charge in [0.25, 0.3) is 0 Å². The van der Waals surface area contributed by atoms with E-state index in [0.717, 1.165) is 0 Å². The fourth-order valence-corrected chi connectivity index (χ4v) is 0. The van der Waals surface area contributed by atoms with Crippen molar-refractivity contribution in [3.8, 4) is 0 Å². The highest BCUT2D eigenvalue weighted by molar-refractivity contribution is 4.22. The summed E-state index contributed by atoms with van der Waals surface area (Å²) in [6, 6.07) is 0. The largest absolute Gasteiger partial charge is 0.379 e. The Morgan fingerprint density at radius 2 is 1.60 bits per heavy atom. The van der Waals surface area contributed by atoms with Crippen molar-refractivity contribution < 1.29 is 5.21 Å². The van der Waals surface area contributed by atoms with Crippen LogP contribution in [0.15, 0.2) is 18.5 Å². The van der Waals surface area contributed by atoms with E-state index < -0.39 is 0 Å². The smallest absolute Gasteiger partial charge is 0.152 e. The van der Waals surface area contributed by atoms with Gasteiger partial charge in [0.1, 0.15) is 0 Å². The molecule has 0 fully saturated rings. The van der Waals surface area contributed by atoms with Crippen LogP contribution in [-0.4, -0.2) is 5.21 Å². The number of hydrogen-bond donors (Lipinski definition) is 1. The Labute approximate surface area is 29.9 Å². The molecule has 0 saturated carbocycles. The van der Waals surface area contributed by atoms with Crippen molar-refractivity contribution in [2.24, 2.45) is 5.34 Å². The molecule has 0 unspecified atom stereocenters. The summed E-state index contributed by atoms with van der Waals surface area (Å²) >= 11 is 0. The molecule has 0 heterocycles. The third kappa shape index (κ3) is 5.52. The van der Waals surface area contributed by atoms with E-state index in [0.29, 0.717) is 0 Å². The minimum Gasteiger partial charge on any atom is -0.379 e. The summed E-state index contributed by atoms with van der Waals surface area (Å²) in [7, 11) is 0. The average Bonchev–Trinajstić information content (AvgIpc) is 1.46. The van der Waals surface area contributed by atoms with Gasteiger partial charge in [-0.3, -0.25) is 0 Å². The molecule has 0 aliphatic rings. The fourth-order valence-electron chi connectivity index (χ4n) is 0. The summed E-state index contributed by atoms with van der Waals surface area (Å²) < 4.78 is 0. The molecule has 3 heteroatoms. The van der Waals surface area contributed by atoms with Crippen LogP contribution in [0.3, 0.4) is 0 Å². The van der Waals surface area contributed by atoms with Crippen molar-refractivity contribution in [2.45, 2.75) is 0 Å². The molecule has 0 aliphatic carbocycles. The van der Waals surface area contributed by atoms with E-state index in [1.54, 1.807) is 0 Å². The zero-order chi connectivity index (χ0) is 4.71. The van der Waals surface area contributed by atoms with Gasteiger partial charge in [0.2, 0.25) is 0 Å². The number of nitrogens with zero attached hydrogens (tertiary/aromatic N) is 1. The Morgan fingerprint density at radius 3 is 1.60 bits per heavy atom. The van der Waals surface area contributed by atoms with Crippen LogP contribution >= 0.6 is 0 Å². The summed E-state index contributed by atoms with van der Waals surface area (Å²) in [5.74, 6) is 0. The zero-order valence-electron chi connectivity index (χ0n) is 2.72. The monoisotopic (exact) mass is 75.0 g/mol. The first-order valence-electron chi connectivity index (χ1n) is 0.883. The van der Waals surface area contributed by atoms with Crippen LogP contribution in [0.4, 0.5) is 0 Å². The minimum absolute atomic E-state index is 1.25. The Morgan fingerprint density at radius 1 is 1.60 bits per heavy atom. The molecule has 3 nitrogen and oxygen atoms in total. The van der Waals surface area contributed by atoms with Crippen molar-refractivity contribution in [3.63, 3.8) is 0 Å². The molecule has 0 saturated heterocycles. The molecule has 0 spiro atoms. The van der Waals surface area contributed by atoms with E-state index in [9.17, 15) is 0 Å². The molecule has 5 heavy (non-hydrogen) atoms. The maximum Gasteiger partial charge on any atom is 0.152 e. The van der Waals surface area contributed by atoms with Crippen LogP contribution in [0.1, 0.15) is 0 Å². The Kier molecular flexibility index (Phi) is 1310. The molecule has 0 atom stereocenters. The van der Waals surface area contributed by atoms with Crippen molar-refractivity contribution in [1.82, 2.24) is 0 Å². The van der Waals surface area contributed by atoms with E-state index in [2.05, 4.69) is 13.2 Å². The first kappa shape index (κ1) is 8.91. The predicted octanol–water partition coefficient (Wildman–Crippen LogP) is 0.944. The van der Waals surface area contributed by atoms with E-state index in [1.165, 1.54) is 5.34 Å². The molecule has 0 bridgehead atoms. The molecular weight excluding hydrogens is 70.0 g/mol. The van der Waals surface area contributed by atoms with Gasteiger partial charge < -0.3 is 5.21 Å². The summed E-state index contributed by atoms with van der Waals surface area (Å²) in [6.07, 6.45) is 0. The first-order chi connectivity index (χ1) is 2.41. The highest BCUT2D eigenvalue weighted by Gasteiger charge is 1.18. The number of rotatable bonds is 0. The maximum absolute atomic E-state index is 8.11. The first-order valence-corrected chi connectivity index (χ1v) is 0.883. The lowest BCUT2D eigenvalue weighted by Crippen LogP contribution is -1.25. The third-order valence-electron chi connectivity index (χ3n) is 0. The normalized spacial score (nSPS) is 3.20. The lowest BCUT2D eigenvalue weighted by Gasteiger charge is -1.32. The van der Waals surface area contributed by atoms with Gasteiger partial charge in [-0.15, -0.1) is 18.1 Å². The molecule has 0 aromatic heterocycles. The van der Waals surface area contributed by atoms with Crippen LogP contribution in [0.5, 0.6) is 0 Å². The van der Waals surface area contributed by atoms with Gasteiger partial charge in [0, 0.05) is 0 Å². The lowest BCUT2D eigenvalue weighted by molar-refractivity contribution is 0.312. The Bertz CT molecular complexity index is 21.6. The summed E-state index contributed by atoms with van der Waals surface area (Å²) in [4.78, 5) is 8.11. The second kappa shape index (κ2) is 734.